The van der Waals surface area contributed by atoms with Gasteiger partial charge in [-0.25, -0.2) is 4.98 Å². The summed E-state index contributed by atoms with van der Waals surface area (Å²) < 4.78 is 4.93. The fourth-order valence-electron chi connectivity index (χ4n) is 1.29. The van der Waals surface area contributed by atoms with Crippen LogP contribution in [0.2, 0.25) is 0 Å². The first kappa shape index (κ1) is 10.9. The standard InChI is InChI=1S/C10H16N2O2/c1-4-8-7(2)10(13)12-9(11-8)5-6-14-3/h4-6H2,1-3H3,(H,11,12,13). The highest BCUT2D eigenvalue weighted by Gasteiger charge is 2.05. The van der Waals surface area contributed by atoms with Crippen LogP contribution in [0.5, 0.6) is 0 Å². The highest BCUT2D eigenvalue weighted by molar-refractivity contribution is 5.15. The minimum Gasteiger partial charge on any atom is -0.384 e. The lowest BCUT2D eigenvalue weighted by atomic mass is 10.2. The van der Waals surface area contributed by atoms with Crippen LogP contribution in [0.25, 0.3) is 0 Å². The highest BCUT2D eigenvalue weighted by atomic mass is 16.5. The number of aromatic nitrogens is 2. The van der Waals surface area contributed by atoms with Crippen molar-refractivity contribution in [2.75, 3.05) is 13.7 Å². The van der Waals surface area contributed by atoms with E-state index in [0.717, 1.165) is 12.1 Å². The van der Waals surface area contributed by atoms with Gasteiger partial charge in [0.15, 0.2) is 0 Å². The molecule has 0 saturated heterocycles. The first-order chi connectivity index (χ1) is 6.69. The quantitative estimate of drug-likeness (QED) is 0.776. The number of ether oxygens (including phenoxy) is 1. The van der Waals surface area contributed by atoms with E-state index in [0.29, 0.717) is 24.4 Å². The molecule has 0 radical (unpaired) electrons. The van der Waals surface area contributed by atoms with Crippen LogP contribution in [-0.2, 0) is 17.6 Å². The largest absolute Gasteiger partial charge is 0.384 e. The average molecular weight is 196 g/mol. The predicted molar refractivity (Wildman–Crippen MR) is 54.6 cm³/mol. The second-order valence-electron chi connectivity index (χ2n) is 3.18. The van der Waals surface area contributed by atoms with Crippen molar-refractivity contribution in [3.8, 4) is 0 Å². The molecule has 78 valence electrons. The van der Waals surface area contributed by atoms with Gasteiger partial charge in [0.1, 0.15) is 5.82 Å². The maximum Gasteiger partial charge on any atom is 0.254 e. The Balaban J connectivity index is 2.98. The summed E-state index contributed by atoms with van der Waals surface area (Å²) >= 11 is 0. The molecule has 0 aliphatic carbocycles. The van der Waals surface area contributed by atoms with Crippen molar-refractivity contribution in [2.24, 2.45) is 0 Å². The van der Waals surface area contributed by atoms with Gasteiger partial charge in [-0.15, -0.1) is 0 Å². The lowest BCUT2D eigenvalue weighted by Crippen LogP contribution is -2.18. The van der Waals surface area contributed by atoms with Gasteiger partial charge in [0.2, 0.25) is 0 Å². The number of aryl methyl sites for hydroxylation is 1. The van der Waals surface area contributed by atoms with E-state index in [1.807, 2.05) is 6.92 Å². The third-order valence-corrected chi connectivity index (χ3v) is 2.18. The molecule has 0 spiro atoms. The van der Waals surface area contributed by atoms with Crippen LogP contribution in [-0.4, -0.2) is 23.7 Å². The van der Waals surface area contributed by atoms with Crippen LogP contribution in [0, 0.1) is 6.92 Å². The van der Waals surface area contributed by atoms with Gasteiger partial charge < -0.3 is 9.72 Å². The molecule has 0 atom stereocenters. The molecule has 1 aromatic heterocycles. The number of hydrogen-bond donors (Lipinski definition) is 1. The van der Waals surface area contributed by atoms with E-state index in [-0.39, 0.29) is 5.56 Å². The Morgan fingerprint density at radius 1 is 1.50 bits per heavy atom. The zero-order valence-electron chi connectivity index (χ0n) is 8.89. The van der Waals surface area contributed by atoms with Gasteiger partial charge >= 0.3 is 0 Å². The number of aromatic amines is 1. The Bertz CT molecular complexity index is 358. The van der Waals surface area contributed by atoms with Crippen LogP contribution in [0.4, 0.5) is 0 Å². The summed E-state index contributed by atoms with van der Waals surface area (Å²) in [4.78, 5) is 18.5. The molecule has 0 aliphatic rings. The fraction of sp³-hybridized carbons (Fsp3) is 0.600. The van der Waals surface area contributed by atoms with E-state index in [4.69, 9.17) is 4.74 Å². The molecule has 0 aromatic carbocycles. The van der Waals surface area contributed by atoms with Crippen molar-refractivity contribution in [1.82, 2.24) is 9.97 Å². The first-order valence-corrected chi connectivity index (χ1v) is 4.76. The van der Waals surface area contributed by atoms with E-state index in [2.05, 4.69) is 9.97 Å². The molecule has 0 fully saturated rings. The van der Waals surface area contributed by atoms with Gasteiger partial charge in [0, 0.05) is 19.1 Å². The van der Waals surface area contributed by atoms with E-state index in [1.54, 1.807) is 14.0 Å². The number of nitrogens with zero attached hydrogens (tertiary/aromatic N) is 1. The third-order valence-electron chi connectivity index (χ3n) is 2.18. The molecule has 4 nitrogen and oxygen atoms in total. The smallest absolute Gasteiger partial charge is 0.254 e. The van der Waals surface area contributed by atoms with Crippen molar-refractivity contribution >= 4 is 0 Å². The Kier molecular flexibility index (Phi) is 3.83. The lowest BCUT2D eigenvalue weighted by molar-refractivity contribution is 0.200. The zero-order chi connectivity index (χ0) is 10.6. The van der Waals surface area contributed by atoms with Crippen LogP contribution in [0.3, 0.4) is 0 Å². The molecule has 0 amide bonds. The molecule has 4 heteroatoms. The molecule has 0 bridgehead atoms. The van der Waals surface area contributed by atoms with E-state index < -0.39 is 0 Å². The molecular weight excluding hydrogens is 180 g/mol. The monoisotopic (exact) mass is 196 g/mol. The van der Waals surface area contributed by atoms with Gasteiger partial charge in [-0.05, 0) is 13.3 Å². The second-order valence-corrected chi connectivity index (χ2v) is 3.18. The number of H-pyrrole nitrogens is 1. The summed E-state index contributed by atoms with van der Waals surface area (Å²) in [7, 11) is 1.63. The topological polar surface area (TPSA) is 55.0 Å². The summed E-state index contributed by atoms with van der Waals surface area (Å²) in [6, 6.07) is 0. The van der Waals surface area contributed by atoms with E-state index in [9.17, 15) is 4.79 Å². The Morgan fingerprint density at radius 2 is 2.21 bits per heavy atom. The van der Waals surface area contributed by atoms with Gasteiger partial charge in [0.05, 0.1) is 12.3 Å². The molecule has 1 N–H and O–H groups in total. The average Bonchev–Trinajstić information content (AvgIpc) is 2.19. The van der Waals surface area contributed by atoms with E-state index in [1.165, 1.54) is 0 Å². The summed E-state index contributed by atoms with van der Waals surface area (Å²) in [5, 5.41) is 0. The Hall–Kier alpha value is -1.16. The molecule has 0 saturated carbocycles. The Morgan fingerprint density at radius 3 is 2.79 bits per heavy atom. The predicted octanol–water partition coefficient (Wildman–Crippen LogP) is 0.830. The minimum absolute atomic E-state index is 0.0389. The van der Waals surface area contributed by atoms with E-state index >= 15 is 0 Å². The molecule has 0 aliphatic heterocycles. The second kappa shape index (κ2) is 4.91. The van der Waals surface area contributed by atoms with Crippen molar-refractivity contribution in [3.63, 3.8) is 0 Å². The SMILES string of the molecule is CCc1nc(CCOC)[nH]c(=O)c1C. The minimum atomic E-state index is -0.0389. The van der Waals surface area contributed by atoms with Crippen molar-refractivity contribution in [1.29, 1.82) is 0 Å². The third kappa shape index (κ3) is 2.42. The Labute approximate surface area is 83.3 Å². The van der Waals surface area contributed by atoms with Crippen molar-refractivity contribution < 1.29 is 4.74 Å². The maximum absolute atomic E-state index is 11.4. The molecule has 1 rings (SSSR count). The van der Waals surface area contributed by atoms with Gasteiger partial charge in [-0.3, -0.25) is 4.79 Å². The number of rotatable bonds is 4. The zero-order valence-corrected chi connectivity index (χ0v) is 8.89. The molecule has 0 unspecified atom stereocenters. The molecule has 1 heterocycles. The molecule has 14 heavy (non-hydrogen) atoms. The maximum atomic E-state index is 11.4. The van der Waals surface area contributed by atoms with Crippen molar-refractivity contribution in [2.45, 2.75) is 26.7 Å². The summed E-state index contributed by atoms with van der Waals surface area (Å²) in [6.07, 6.45) is 1.44. The number of hydrogen-bond acceptors (Lipinski definition) is 3. The van der Waals surface area contributed by atoms with Crippen LogP contribution < -0.4 is 5.56 Å². The first-order valence-electron chi connectivity index (χ1n) is 4.76. The van der Waals surface area contributed by atoms with Crippen LogP contribution in [0.1, 0.15) is 24.0 Å². The van der Waals surface area contributed by atoms with Gasteiger partial charge in [0.25, 0.3) is 5.56 Å². The van der Waals surface area contributed by atoms with Crippen LogP contribution >= 0.6 is 0 Å². The lowest BCUT2D eigenvalue weighted by Gasteiger charge is -2.04. The fourth-order valence-corrected chi connectivity index (χ4v) is 1.29. The summed E-state index contributed by atoms with van der Waals surface area (Å²) in [5.41, 5.74) is 1.55. The summed E-state index contributed by atoms with van der Waals surface area (Å²) in [5.74, 6) is 0.708. The normalized spacial score (nSPS) is 10.5. The number of nitrogens with one attached hydrogen (secondary N) is 1. The van der Waals surface area contributed by atoms with Gasteiger partial charge in [-0.2, -0.15) is 0 Å². The highest BCUT2D eigenvalue weighted by Crippen LogP contribution is 2.00. The summed E-state index contributed by atoms with van der Waals surface area (Å²) in [6.45, 7) is 4.37. The molecule has 1 aromatic rings. The van der Waals surface area contributed by atoms with Crippen LogP contribution in [0.15, 0.2) is 4.79 Å². The van der Waals surface area contributed by atoms with Crippen molar-refractivity contribution in [3.05, 3.63) is 27.4 Å². The van der Waals surface area contributed by atoms with Gasteiger partial charge in [-0.1, -0.05) is 6.92 Å². The molecular formula is C10H16N2O2. The number of methoxy groups -OCH3 is 1.